The zero-order valence-corrected chi connectivity index (χ0v) is 10.1. The van der Waals surface area contributed by atoms with Crippen LogP contribution >= 0.6 is 0 Å². The van der Waals surface area contributed by atoms with E-state index < -0.39 is 29.9 Å². The molecule has 1 atom stereocenters. The molecule has 1 aliphatic heterocycles. The third-order valence-corrected chi connectivity index (χ3v) is 2.88. The van der Waals surface area contributed by atoms with Gasteiger partial charge in [0.1, 0.15) is 0 Å². The number of rotatable bonds is 2. The maximum absolute atomic E-state index is 12.6. The zero-order valence-electron chi connectivity index (χ0n) is 10.1. The Balaban J connectivity index is 2.21. The average molecular weight is 289 g/mol. The minimum absolute atomic E-state index is 0.0707. The van der Waals surface area contributed by atoms with Crippen LogP contribution < -0.4 is 4.90 Å². The average Bonchev–Trinajstić information content (AvgIpc) is 2.69. The van der Waals surface area contributed by atoms with Crippen LogP contribution in [0.1, 0.15) is 12.0 Å². The summed E-state index contributed by atoms with van der Waals surface area (Å²) in [6.45, 7) is 0.109. The fourth-order valence-corrected chi connectivity index (χ4v) is 1.99. The molecule has 5 nitrogen and oxygen atoms in total. The molecule has 1 amide bonds. The van der Waals surface area contributed by atoms with Crippen LogP contribution in [-0.2, 0) is 15.7 Å². The van der Waals surface area contributed by atoms with Gasteiger partial charge in [-0.3, -0.25) is 4.79 Å². The molecule has 0 aliphatic carbocycles. The van der Waals surface area contributed by atoms with Crippen molar-refractivity contribution < 1.29 is 32.6 Å². The van der Waals surface area contributed by atoms with Gasteiger partial charge in [-0.1, -0.05) is 6.07 Å². The number of hydrogen-bond acceptors (Lipinski definition) is 3. The molecule has 0 bridgehead atoms. The number of carboxylic acid groups (broad SMARTS) is 1. The number of benzene rings is 1. The second-order valence-corrected chi connectivity index (χ2v) is 4.20. The second-order valence-electron chi connectivity index (χ2n) is 4.20. The molecule has 1 heterocycles. The summed E-state index contributed by atoms with van der Waals surface area (Å²) in [6.07, 6.45) is -7.15. The minimum Gasteiger partial charge on any atom is -0.450 e. The van der Waals surface area contributed by atoms with Gasteiger partial charge in [0, 0.05) is 18.7 Å². The lowest BCUT2D eigenvalue weighted by Crippen LogP contribution is -2.31. The lowest BCUT2D eigenvalue weighted by Gasteiger charge is -2.18. The number of hydrogen-bond donors (Lipinski definition) is 1. The number of amides is 1. The van der Waals surface area contributed by atoms with Crippen LogP contribution in [0.4, 0.5) is 23.7 Å². The van der Waals surface area contributed by atoms with Crippen LogP contribution in [0.3, 0.4) is 0 Å². The summed E-state index contributed by atoms with van der Waals surface area (Å²) in [7, 11) is 0. The molecule has 1 fully saturated rings. The van der Waals surface area contributed by atoms with Crippen molar-refractivity contribution in [3.63, 3.8) is 0 Å². The normalized spacial score (nSPS) is 19.2. The molecular weight excluding hydrogens is 279 g/mol. The third kappa shape index (κ3) is 2.84. The van der Waals surface area contributed by atoms with Crippen molar-refractivity contribution in [2.45, 2.75) is 18.7 Å². The molecule has 1 aliphatic rings. The molecule has 0 spiro atoms. The highest BCUT2D eigenvalue weighted by Crippen LogP contribution is 2.32. The summed E-state index contributed by atoms with van der Waals surface area (Å²) in [6, 6.07) is 4.30. The number of anilines is 1. The quantitative estimate of drug-likeness (QED) is 0.849. The van der Waals surface area contributed by atoms with Gasteiger partial charge in [0.15, 0.2) is 6.10 Å². The van der Waals surface area contributed by atoms with E-state index in [9.17, 15) is 22.8 Å². The van der Waals surface area contributed by atoms with Crippen LogP contribution in [0, 0.1) is 0 Å². The first-order valence-electron chi connectivity index (χ1n) is 5.67. The Kier molecular flexibility index (Phi) is 3.56. The zero-order chi connectivity index (χ0) is 14.9. The minimum atomic E-state index is -4.50. The lowest BCUT2D eigenvalue weighted by atomic mass is 10.2. The highest BCUT2D eigenvalue weighted by atomic mass is 19.4. The summed E-state index contributed by atoms with van der Waals surface area (Å²) in [5, 5.41) is 8.46. The number of halogens is 3. The first-order chi connectivity index (χ1) is 9.29. The maximum Gasteiger partial charge on any atom is 0.506 e. The van der Waals surface area contributed by atoms with Crippen LogP contribution in [0.15, 0.2) is 24.3 Å². The molecule has 1 aromatic rings. The van der Waals surface area contributed by atoms with Crippen LogP contribution in [0.25, 0.3) is 0 Å². The standard InChI is InChI=1S/C12H10F3NO4/c13-12(14,15)7-2-1-3-8(6-7)16-5-4-9(10(16)17)20-11(18)19/h1-3,6,9H,4-5H2,(H,18,19). The molecule has 1 aromatic carbocycles. The van der Waals surface area contributed by atoms with Gasteiger partial charge in [-0.2, -0.15) is 13.2 Å². The predicted molar refractivity (Wildman–Crippen MR) is 61.3 cm³/mol. The Morgan fingerprint density at radius 1 is 1.40 bits per heavy atom. The fraction of sp³-hybridized carbons (Fsp3) is 0.333. The van der Waals surface area contributed by atoms with E-state index in [1.165, 1.54) is 12.1 Å². The van der Waals surface area contributed by atoms with Crippen molar-refractivity contribution in [1.82, 2.24) is 0 Å². The van der Waals surface area contributed by atoms with Crippen LogP contribution in [-0.4, -0.2) is 29.8 Å². The largest absolute Gasteiger partial charge is 0.506 e. The molecule has 0 radical (unpaired) electrons. The number of carbonyl (C=O) groups excluding carboxylic acids is 1. The van der Waals surface area contributed by atoms with E-state index in [2.05, 4.69) is 4.74 Å². The van der Waals surface area contributed by atoms with Gasteiger partial charge in [0.05, 0.1) is 5.56 Å². The van der Waals surface area contributed by atoms with E-state index in [1.54, 1.807) is 0 Å². The van der Waals surface area contributed by atoms with Gasteiger partial charge < -0.3 is 14.7 Å². The molecule has 1 saturated heterocycles. The first kappa shape index (κ1) is 14.2. The van der Waals surface area contributed by atoms with Gasteiger partial charge >= 0.3 is 12.3 Å². The number of alkyl halides is 3. The summed E-state index contributed by atoms with van der Waals surface area (Å²) in [4.78, 5) is 23.3. The summed E-state index contributed by atoms with van der Waals surface area (Å²) >= 11 is 0. The Morgan fingerprint density at radius 2 is 2.10 bits per heavy atom. The van der Waals surface area contributed by atoms with E-state index >= 15 is 0 Å². The molecule has 8 heteroatoms. The third-order valence-electron chi connectivity index (χ3n) is 2.88. The van der Waals surface area contributed by atoms with Crippen LogP contribution in [0.2, 0.25) is 0 Å². The van der Waals surface area contributed by atoms with Crippen molar-refractivity contribution >= 4 is 17.7 Å². The van der Waals surface area contributed by atoms with Gasteiger partial charge in [-0.15, -0.1) is 0 Å². The van der Waals surface area contributed by atoms with Crippen molar-refractivity contribution in [3.8, 4) is 0 Å². The topological polar surface area (TPSA) is 66.8 Å². The first-order valence-corrected chi connectivity index (χ1v) is 5.67. The van der Waals surface area contributed by atoms with E-state index in [4.69, 9.17) is 5.11 Å². The van der Waals surface area contributed by atoms with Crippen molar-refractivity contribution in [1.29, 1.82) is 0 Å². The Morgan fingerprint density at radius 3 is 2.70 bits per heavy atom. The fourth-order valence-electron chi connectivity index (χ4n) is 1.99. The van der Waals surface area contributed by atoms with Crippen molar-refractivity contribution in [3.05, 3.63) is 29.8 Å². The SMILES string of the molecule is O=C(O)OC1CCN(c2cccc(C(F)(F)F)c2)C1=O. The highest BCUT2D eigenvalue weighted by Gasteiger charge is 2.37. The molecule has 1 unspecified atom stereocenters. The Labute approximate surface area is 111 Å². The Hall–Kier alpha value is -2.25. The van der Waals surface area contributed by atoms with Gasteiger partial charge in [-0.05, 0) is 18.2 Å². The van der Waals surface area contributed by atoms with Gasteiger partial charge in [-0.25, -0.2) is 4.79 Å². The van der Waals surface area contributed by atoms with E-state index in [1.807, 2.05) is 0 Å². The molecule has 0 saturated carbocycles. The molecule has 2 rings (SSSR count). The van der Waals surface area contributed by atoms with Crippen LogP contribution in [0.5, 0.6) is 0 Å². The lowest BCUT2D eigenvalue weighted by molar-refractivity contribution is -0.137. The van der Waals surface area contributed by atoms with Gasteiger partial charge in [0.25, 0.3) is 5.91 Å². The predicted octanol–water partition coefficient (Wildman–Crippen LogP) is 2.51. The molecule has 0 aromatic heterocycles. The smallest absolute Gasteiger partial charge is 0.450 e. The monoisotopic (exact) mass is 289 g/mol. The summed E-state index contributed by atoms with van der Waals surface area (Å²) in [5.74, 6) is -0.660. The highest BCUT2D eigenvalue weighted by molar-refractivity contribution is 5.99. The molecule has 1 N–H and O–H groups in total. The number of nitrogens with zero attached hydrogens (tertiary/aromatic N) is 1. The molecular formula is C12H10F3NO4. The van der Waals surface area contributed by atoms with E-state index in [-0.39, 0.29) is 18.7 Å². The summed E-state index contributed by atoms with van der Waals surface area (Å²) in [5.41, 5.74) is -0.799. The second kappa shape index (κ2) is 5.03. The van der Waals surface area contributed by atoms with Crippen molar-refractivity contribution in [2.24, 2.45) is 0 Å². The molecule has 108 valence electrons. The van der Waals surface area contributed by atoms with E-state index in [0.717, 1.165) is 17.0 Å². The number of carbonyl (C=O) groups is 2. The Bertz CT molecular complexity index is 544. The maximum atomic E-state index is 12.6. The van der Waals surface area contributed by atoms with Gasteiger partial charge in [0.2, 0.25) is 0 Å². The molecule has 20 heavy (non-hydrogen) atoms. The summed E-state index contributed by atoms with van der Waals surface area (Å²) < 4.78 is 42.2. The van der Waals surface area contributed by atoms with Crippen molar-refractivity contribution in [2.75, 3.05) is 11.4 Å². The number of ether oxygens (including phenoxy) is 1. The van der Waals surface area contributed by atoms with E-state index in [0.29, 0.717) is 0 Å².